The van der Waals surface area contributed by atoms with E-state index in [1.54, 1.807) is 0 Å². The van der Waals surface area contributed by atoms with Gasteiger partial charge in [-0.05, 0) is 13.5 Å². The average Bonchev–Trinajstić information content (AvgIpc) is 2.44. The molecule has 8 heteroatoms. The molecule has 0 aromatic heterocycles. The summed E-state index contributed by atoms with van der Waals surface area (Å²) in [7, 11) is -0.508. The molecule has 118 valence electrons. The fraction of sp³-hybridized carbons (Fsp3) is 1.00. The molecule has 3 aliphatic rings. The van der Waals surface area contributed by atoms with Crippen molar-refractivity contribution in [2.45, 2.75) is 6.42 Å². The lowest BCUT2D eigenvalue weighted by molar-refractivity contribution is -0.935. The van der Waals surface area contributed by atoms with Crippen molar-refractivity contribution in [2.75, 3.05) is 72.6 Å². The molecule has 1 N–H and O–H groups in total. The van der Waals surface area contributed by atoms with Crippen LogP contribution in [0.25, 0.3) is 0 Å². The second-order valence-electron chi connectivity index (χ2n) is 6.11. The Hall–Kier alpha value is 0.760. The highest BCUT2D eigenvalue weighted by Gasteiger charge is 2.42. The van der Waals surface area contributed by atoms with Gasteiger partial charge in [0.1, 0.15) is 0 Å². The first kappa shape index (κ1) is 17.1. The molecule has 3 fully saturated rings. The zero-order valence-electron chi connectivity index (χ0n) is 12.3. The van der Waals surface area contributed by atoms with Crippen molar-refractivity contribution in [2.24, 2.45) is 0 Å². The molecule has 0 radical (unpaired) electrons. The Balaban J connectivity index is 0.00000147. The Morgan fingerprint density at radius 1 is 1.10 bits per heavy atom. The van der Waals surface area contributed by atoms with Crippen LogP contribution in [0.4, 0.5) is 0 Å². The maximum absolute atomic E-state index is 12.7. The first-order valence-electron chi connectivity index (χ1n) is 7.41. The zero-order valence-corrected chi connectivity index (χ0v) is 15.3. The molecule has 0 amide bonds. The Kier molecular flexibility index (Phi) is 5.90. The van der Waals surface area contributed by atoms with Gasteiger partial charge in [-0.25, -0.2) is 9.76 Å². The average molecular weight is 416 g/mol. The maximum Gasteiger partial charge on any atom is 0.343 e. The fourth-order valence-corrected chi connectivity index (χ4v) is 5.26. The number of likely N-dealkylation sites (N-methyl/N-ethyl adjacent to an activating group) is 1. The first-order valence-corrected chi connectivity index (χ1v) is 8.99. The molecule has 3 rings (SSSR count). The second kappa shape index (κ2) is 6.89. The Morgan fingerprint density at radius 2 is 1.70 bits per heavy atom. The fourth-order valence-electron chi connectivity index (χ4n) is 3.29. The van der Waals surface area contributed by atoms with E-state index in [1.165, 1.54) is 30.7 Å². The van der Waals surface area contributed by atoms with Crippen LogP contribution in [-0.4, -0.2) is 86.6 Å². The molecule has 1 atom stereocenters. The minimum absolute atomic E-state index is 0. The summed E-state index contributed by atoms with van der Waals surface area (Å²) in [6.07, 6.45) is 0.962. The molecular weight excluding hydrogens is 390 g/mol. The van der Waals surface area contributed by atoms with Crippen molar-refractivity contribution in [3.05, 3.63) is 0 Å². The minimum Gasteiger partial charge on any atom is -1.00 e. The van der Waals surface area contributed by atoms with Crippen LogP contribution >= 0.6 is 7.67 Å². The zero-order chi connectivity index (χ0) is 13.3. The normalized spacial score (nSPS) is 35.6. The van der Waals surface area contributed by atoms with Crippen LogP contribution < -0.4 is 29.1 Å². The van der Waals surface area contributed by atoms with Crippen molar-refractivity contribution in [3.63, 3.8) is 0 Å². The molecule has 1 unspecified atom stereocenters. The Bertz CT molecular complexity index is 356. The predicted octanol–water partition coefficient (Wildman–Crippen LogP) is -2.81. The lowest BCUT2D eigenvalue weighted by Gasteiger charge is -2.49. The van der Waals surface area contributed by atoms with E-state index in [0.717, 1.165) is 39.1 Å². The van der Waals surface area contributed by atoms with Gasteiger partial charge < -0.3 is 33.0 Å². The minimum atomic E-state index is -2.71. The van der Waals surface area contributed by atoms with Crippen LogP contribution in [0.1, 0.15) is 6.42 Å². The van der Waals surface area contributed by atoms with Gasteiger partial charge in [-0.3, -0.25) is 9.46 Å². The van der Waals surface area contributed by atoms with E-state index in [0.29, 0.717) is 6.61 Å². The molecular formula is C12H26IN4O2P. The third-order valence-corrected chi connectivity index (χ3v) is 7.15. The van der Waals surface area contributed by atoms with E-state index in [4.69, 9.17) is 4.52 Å². The van der Waals surface area contributed by atoms with Crippen molar-refractivity contribution < 1.29 is 37.5 Å². The first-order chi connectivity index (χ1) is 9.12. The maximum atomic E-state index is 12.7. The van der Waals surface area contributed by atoms with Crippen molar-refractivity contribution >= 4 is 7.67 Å². The number of halogens is 1. The predicted molar refractivity (Wildman–Crippen MR) is 75.0 cm³/mol. The lowest BCUT2D eigenvalue weighted by atomic mass is 10.2. The van der Waals surface area contributed by atoms with Gasteiger partial charge in [0.05, 0.1) is 45.9 Å². The van der Waals surface area contributed by atoms with Gasteiger partial charge in [-0.1, -0.05) is 0 Å². The quantitative estimate of drug-likeness (QED) is 0.284. The summed E-state index contributed by atoms with van der Waals surface area (Å²) in [5.74, 6) is 0. The van der Waals surface area contributed by atoms with Crippen LogP contribution in [0.3, 0.4) is 0 Å². The number of quaternary nitrogens is 1. The lowest BCUT2D eigenvalue weighted by Crippen LogP contribution is -3.00. The van der Waals surface area contributed by atoms with Crippen LogP contribution in [0.15, 0.2) is 0 Å². The number of piperazine rings is 2. The Labute approximate surface area is 139 Å². The van der Waals surface area contributed by atoms with Gasteiger partial charge in [0.15, 0.2) is 0 Å². The highest BCUT2D eigenvalue weighted by molar-refractivity contribution is 7.54. The van der Waals surface area contributed by atoms with Gasteiger partial charge in [0, 0.05) is 19.6 Å². The summed E-state index contributed by atoms with van der Waals surface area (Å²) >= 11 is 0. The van der Waals surface area contributed by atoms with E-state index >= 15 is 0 Å². The van der Waals surface area contributed by atoms with E-state index in [9.17, 15) is 4.57 Å². The smallest absolute Gasteiger partial charge is 0.343 e. The SMILES string of the molecule is CN1CC[N+]2(CC1)CCN(P1(=O)NCCCO1)CC2.[I-]. The summed E-state index contributed by atoms with van der Waals surface area (Å²) in [5.41, 5.74) is 0. The molecule has 0 saturated carbocycles. The van der Waals surface area contributed by atoms with Crippen LogP contribution in [-0.2, 0) is 9.09 Å². The third kappa shape index (κ3) is 3.56. The molecule has 1 spiro atoms. The number of rotatable bonds is 1. The number of hydrogen-bond acceptors (Lipinski definition) is 3. The molecule has 3 heterocycles. The standard InChI is InChI=1S/C12H26N4O2P.HI/c1-14-4-8-16(9-5-14)10-6-15(7-11-16)19(17)13-3-2-12-18-19;/h2-12H2,1H3,(H,13,17);1H/q+1;/p-1. The van der Waals surface area contributed by atoms with Gasteiger partial charge in [-0.2, -0.15) is 0 Å². The van der Waals surface area contributed by atoms with Gasteiger partial charge in [0.25, 0.3) is 0 Å². The molecule has 3 aliphatic heterocycles. The highest BCUT2D eigenvalue weighted by atomic mass is 127. The van der Waals surface area contributed by atoms with E-state index in [-0.39, 0.29) is 24.0 Å². The summed E-state index contributed by atoms with van der Waals surface area (Å²) in [6.45, 7) is 10.3. The van der Waals surface area contributed by atoms with Gasteiger partial charge >= 0.3 is 7.67 Å². The van der Waals surface area contributed by atoms with Crippen LogP contribution in [0.5, 0.6) is 0 Å². The van der Waals surface area contributed by atoms with Crippen molar-refractivity contribution in [1.29, 1.82) is 0 Å². The van der Waals surface area contributed by atoms with E-state index in [1.807, 2.05) is 0 Å². The number of hydrogen-bond donors (Lipinski definition) is 1. The summed E-state index contributed by atoms with van der Waals surface area (Å²) in [5, 5.41) is 3.11. The summed E-state index contributed by atoms with van der Waals surface area (Å²) in [4.78, 5) is 2.41. The molecule has 0 aromatic rings. The topological polar surface area (TPSA) is 44.8 Å². The number of nitrogens with one attached hydrogen (secondary N) is 1. The highest BCUT2D eigenvalue weighted by Crippen LogP contribution is 2.49. The molecule has 0 aromatic carbocycles. The van der Waals surface area contributed by atoms with E-state index < -0.39 is 7.67 Å². The molecule has 20 heavy (non-hydrogen) atoms. The largest absolute Gasteiger partial charge is 1.00 e. The monoisotopic (exact) mass is 416 g/mol. The Morgan fingerprint density at radius 3 is 2.25 bits per heavy atom. The second-order valence-corrected chi connectivity index (χ2v) is 8.29. The van der Waals surface area contributed by atoms with Gasteiger partial charge in [0.2, 0.25) is 0 Å². The van der Waals surface area contributed by atoms with Gasteiger partial charge in [-0.15, -0.1) is 0 Å². The molecule has 3 saturated heterocycles. The van der Waals surface area contributed by atoms with Crippen molar-refractivity contribution in [3.8, 4) is 0 Å². The number of nitrogens with zero attached hydrogens (tertiary/aromatic N) is 3. The summed E-state index contributed by atoms with van der Waals surface area (Å²) in [6, 6.07) is 0. The molecule has 6 nitrogen and oxygen atoms in total. The van der Waals surface area contributed by atoms with Crippen LogP contribution in [0.2, 0.25) is 0 Å². The van der Waals surface area contributed by atoms with E-state index in [2.05, 4.69) is 21.7 Å². The van der Waals surface area contributed by atoms with Crippen LogP contribution in [0, 0.1) is 0 Å². The third-order valence-electron chi connectivity index (χ3n) is 4.85. The van der Waals surface area contributed by atoms with Crippen molar-refractivity contribution in [1.82, 2.24) is 14.7 Å². The summed E-state index contributed by atoms with van der Waals surface area (Å²) < 4.78 is 21.5. The molecule has 0 aliphatic carbocycles. The molecule has 0 bridgehead atoms.